The van der Waals surface area contributed by atoms with Crippen molar-refractivity contribution in [3.8, 4) is 11.8 Å². The van der Waals surface area contributed by atoms with E-state index in [2.05, 4.69) is 42.3 Å². The van der Waals surface area contributed by atoms with Crippen molar-refractivity contribution in [2.24, 2.45) is 0 Å². The molecule has 0 aliphatic heterocycles. The van der Waals surface area contributed by atoms with Crippen LogP contribution in [0.15, 0.2) is 18.2 Å². The smallest absolute Gasteiger partial charge is 0.0292 e. The fourth-order valence-corrected chi connectivity index (χ4v) is 2.62. The predicted molar refractivity (Wildman–Crippen MR) is 77.6 cm³/mol. The summed E-state index contributed by atoms with van der Waals surface area (Å²) in [7, 11) is 0. The minimum Gasteiger partial charge on any atom is -0.309 e. The van der Waals surface area contributed by atoms with E-state index in [1.54, 1.807) is 11.1 Å². The van der Waals surface area contributed by atoms with Gasteiger partial charge in [0, 0.05) is 19.0 Å². The van der Waals surface area contributed by atoms with Crippen molar-refractivity contribution in [1.82, 2.24) is 5.32 Å². The molecule has 1 atom stereocenters. The third kappa shape index (κ3) is 3.37. The number of hydrogen-bond donors (Lipinski definition) is 1. The summed E-state index contributed by atoms with van der Waals surface area (Å²) in [6, 6.07) is 7.44. The summed E-state index contributed by atoms with van der Waals surface area (Å²) in [4.78, 5) is 0. The molecule has 0 fully saturated rings. The third-order valence-corrected chi connectivity index (χ3v) is 3.75. The van der Waals surface area contributed by atoms with Gasteiger partial charge < -0.3 is 5.32 Å². The summed E-state index contributed by atoms with van der Waals surface area (Å²) in [6.07, 6.45) is 6.17. The molecule has 0 saturated carbocycles. The molecule has 1 aromatic carbocycles. The van der Waals surface area contributed by atoms with E-state index in [9.17, 15) is 0 Å². The Hall–Kier alpha value is -1.26. The average molecular weight is 241 g/mol. The van der Waals surface area contributed by atoms with Gasteiger partial charge in [-0.15, -0.1) is 11.8 Å². The van der Waals surface area contributed by atoms with E-state index in [1.165, 1.54) is 31.2 Å². The van der Waals surface area contributed by atoms with E-state index < -0.39 is 0 Å². The number of nitrogens with one attached hydrogen (secondary N) is 1. The van der Waals surface area contributed by atoms with Crippen LogP contribution in [0.3, 0.4) is 0 Å². The minimum atomic E-state index is 0.427. The van der Waals surface area contributed by atoms with Crippen LogP contribution in [-0.2, 0) is 12.8 Å². The highest BCUT2D eigenvalue weighted by molar-refractivity contribution is 5.35. The van der Waals surface area contributed by atoms with Crippen LogP contribution < -0.4 is 5.32 Å². The Morgan fingerprint density at radius 1 is 1.22 bits per heavy atom. The van der Waals surface area contributed by atoms with Crippen molar-refractivity contribution in [3.05, 3.63) is 34.9 Å². The van der Waals surface area contributed by atoms with Gasteiger partial charge in [-0.1, -0.05) is 18.2 Å². The molecular weight excluding hydrogens is 218 g/mol. The SMILES string of the molecule is CC#CCCNC(C)c1ccc2c(c1)CCCC2. The Balaban J connectivity index is 1.96. The van der Waals surface area contributed by atoms with Crippen LogP contribution in [0.5, 0.6) is 0 Å². The van der Waals surface area contributed by atoms with Gasteiger partial charge in [0.2, 0.25) is 0 Å². The molecule has 1 aliphatic rings. The Morgan fingerprint density at radius 2 is 2.00 bits per heavy atom. The summed E-state index contributed by atoms with van der Waals surface area (Å²) in [5, 5.41) is 3.54. The first-order valence-corrected chi connectivity index (χ1v) is 7.06. The average Bonchev–Trinajstić information content (AvgIpc) is 2.43. The molecule has 1 aliphatic carbocycles. The van der Waals surface area contributed by atoms with Crippen LogP contribution in [0.2, 0.25) is 0 Å². The molecule has 0 saturated heterocycles. The maximum Gasteiger partial charge on any atom is 0.0292 e. The molecule has 18 heavy (non-hydrogen) atoms. The molecule has 0 amide bonds. The van der Waals surface area contributed by atoms with Gasteiger partial charge in [0.25, 0.3) is 0 Å². The lowest BCUT2D eigenvalue weighted by molar-refractivity contribution is 0.581. The van der Waals surface area contributed by atoms with Crippen LogP contribution in [0.1, 0.15) is 55.8 Å². The van der Waals surface area contributed by atoms with Crippen molar-refractivity contribution < 1.29 is 0 Å². The van der Waals surface area contributed by atoms with Gasteiger partial charge in [-0.05, 0) is 56.2 Å². The van der Waals surface area contributed by atoms with Crippen LogP contribution in [0, 0.1) is 11.8 Å². The molecule has 0 spiro atoms. The Kier molecular flexibility index (Phi) is 4.84. The van der Waals surface area contributed by atoms with Crippen LogP contribution in [0.25, 0.3) is 0 Å². The van der Waals surface area contributed by atoms with Crippen molar-refractivity contribution in [1.29, 1.82) is 0 Å². The molecule has 96 valence electrons. The highest BCUT2D eigenvalue weighted by atomic mass is 14.9. The second-order valence-corrected chi connectivity index (χ2v) is 5.09. The number of benzene rings is 1. The summed E-state index contributed by atoms with van der Waals surface area (Å²) in [5.41, 5.74) is 4.55. The molecule has 0 heterocycles. The van der Waals surface area contributed by atoms with Gasteiger partial charge in [0.1, 0.15) is 0 Å². The van der Waals surface area contributed by atoms with E-state index in [1.807, 2.05) is 6.92 Å². The van der Waals surface area contributed by atoms with Crippen molar-refractivity contribution in [2.45, 2.75) is 52.0 Å². The molecule has 2 rings (SSSR count). The zero-order valence-corrected chi connectivity index (χ0v) is 11.6. The first-order chi connectivity index (χ1) is 8.81. The first kappa shape index (κ1) is 13.2. The molecular formula is C17H23N. The monoisotopic (exact) mass is 241 g/mol. The molecule has 1 heteroatoms. The number of rotatable bonds is 4. The van der Waals surface area contributed by atoms with Crippen molar-refractivity contribution in [2.75, 3.05) is 6.54 Å². The number of aryl methyl sites for hydroxylation is 2. The second-order valence-electron chi connectivity index (χ2n) is 5.09. The van der Waals surface area contributed by atoms with Crippen LogP contribution in [-0.4, -0.2) is 6.54 Å². The number of hydrogen-bond acceptors (Lipinski definition) is 1. The molecule has 0 bridgehead atoms. The Labute approximate surface area is 111 Å². The van der Waals surface area contributed by atoms with Gasteiger partial charge in [0.05, 0.1) is 0 Å². The topological polar surface area (TPSA) is 12.0 Å². The fraction of sp³-hybridized carbons (Fsp3) is 0.529. The standard InChI is InChI=1S/C17H23N/c1-3-4-7-12-18-14(2)16-11-10-15-8-5-6-9-17(15)13-16/h10-11,13-14,18H,5-9,12H2,1-2H3. The van der Waals surface area contributed by atoms with Crippen molar-refractivity contribution >= 4 is 0 Å². The van der Waals surface area contributed by atoms with Gasteiger partial charge in [-0.25, -0.2) is 0 Å². The molecule has 1 nitrogen and oxygen atoms in total. The Bertz CT molecular complexity index is 450. The van der Waals surface area contributed by atoms with E-state index in [-0.39, 0.29) is 0 Å². The fourth-order valence-electron chi connectivity index (χ4n) is 2.62. The summed E-state index contributed by atoms with van der Waals surface area (Å²) in [6.45, 7) is 5.11. The normalized spacial score (nSPS) is 15.4. The summed E-state index contributed by atoms with van der Waals surface area (Å²) < 4.78 is 0. The lowest BCUT2D eigenvalue weighted by Crippen LogP contribution is -2.20. The largest absolute Gasteiger partial charge is 0.309 e. The van der Waals surface area contributed by atoms with E-state index >= 15 is 0 Å². The van der Waals surface area contributed by atoms with E-state index in [0.29, 0.717) is 6.04 Å². The highest BCUT2D eigenvalue weighted by Gasteiger charge is 2.11. The van der Waals surface area contributed by atoms with Crippen LogP contribution >= 0.6 is 0 Å². The molecule has 0 aromatic heterocycles. The predicted octanol–water partition coefficient (Wildman–Crippen LogP) is 3.63. The zero-order valence-electron chi connectivity index (χ0n) is 11.6. The van der Waals surface area contributed by atoms with E-state index in [0.717, 1.165) is 13.0 Å². The molecule has 1 unspecified atom stereocenters. The Morgan fingerprint density at radius 3 is 2.78 bits per heavy atom. The molecule has 1 aromatic rings. The maximum absolute atomic E-state index is 3.54. The zero-order chi connectivity index (χ0) is 12.8. The van der Waals surface area contributed by atoms with Gasteiger partial charge in [-0.2, -0.15) is 0 Å². The van der Waals surface area contributed by atoms with Crippen LogP contribution in [0.4, 0.5) is 0 Å². The second kappa shape index (κ2) is 6.61. The third-order valence-electron chi connectivity index (χ3n) is 3.75. The molecule has 1 N–H and O–H groups in total. The van der Waals surface area contributed by atoms with Crippen molar-refractivity contribution in [3.63, 3.8) is 0 Å². The highest BCUT2D eigenvalue weighted by Crippen LogP contribution is 2.24. The quantitative estimate of drug-likeness (QED) is 0.627. The summed E-state index contributed by atoms with van der Waals surface area (Å²) >= 11 is 0. The summed E-state index contributed by atoms with van der Waals surface area (Å²) in [5.74, 6) is 6.02. The lowest BCUT2D eigenvalue weighted by Gasteiger charge is -2.19. The van der Waals surface area contributed by atoms with Gasteiger partial charge >= 0.3 is 0 Å². The lowest BCUT2D eigenvalue weighted by atomic mass is 9.89. The molecule has 0 radical (unpaired) electrons. The van der Waals surface area contributed by atoms with Gasteiger partial charge in [0.15, 0.2) is 0 Å². The van der Waals surface area contributed by atoms with E-state index in [4.69, 9.17) is 0 Å². The number of fused-ring (bicyclic) bond motifs is 1. The maximum atomic E-state index is 3.54. The van der Waals surface area contributed by atoms with Gasteiger partial charge in [-0.3, -0.25) is 0 Å². The minimum absolute atomic E-state index is 0.427. The first-order valence-electron chi connectivity index (χ1n) is 7.06.